The van der Waals surface area contributed by atoms with E-state index in [2.05, 4.69) is 41.5 Å². The number of rotatable bonds is 35. The van der Waals surface area contributed by atoms with Crippen molar-refractivity contribution in [2.75, 3.05) is 0 Å². The van der Waals surface area contributed by atoms with Gasteiger partial charge in [-0.1, -0.05) is 247 Å². The summed E-state index contributed by atoms with van der Waals surface area (Å²) in [7, 11) is 0. The third-order valence-corrected chi connectivity index (χ3v) is 10.2. The van der Waals surface area contributed by atoms with Crippen molar-refractivity contribution in [3.05, 3.63) is 0 Å². The topological polar surface area (TPSA) is 0 Å². The molecule has 0 heterocycles. The molecule has 0 rings (SSSR count). The average Bonchev–Trinajstić information content (AvgIpc) is 2.96. The van der Waals surface area contributed by atoms with Crippen molar-refractivity contribution in [1.82, 2.24) is 0 Å². The lowest BCUT2D eigenvalue weighted by Crippen LogP contribution is -2.16. The van der Waals surface area contributed by atoms with Crippen LogP contribution in [-0.4, -0.2) is 0 Å². The zero-order chi connectivity index (χ0) is 30.9. The summed E-state index contributed by atoms with van der Waals surface area (Å²) < 4.78 is 0. The highest BCUT2D eigenvalue weighted by molar-refractivity contribution is 4.72. The molecule has 2 atom stereocenters. The van der Waals surface area contributed by atoms with E-state index in [9.17, 15) is 0 Å². The molecule has 0 aromatic heterocycles. The quantitative estimate of drug-likeness (QED) is 0.0644. The standard InChI is InChI=1S/C42H86/c1-7-9-11-13-16-24-30-36-42(38-32-26-20-19-22-28-34-40(5)6)41(35-29-23-14-12-10-8-2)37-31-25-18-15-17-21-27-33-39(3)4/h39-42H,7-38H2,1-6H3. The van der Waals surface area contributed by atoms with Crippen molar-refractivity contribution in [2.45, 2.75) is 247 Å². The lowest BCUT2D eigenvalue weighted by Gasteiger charge is -2.28. The van der Waals surface area contributed by atoms with Crippen LogP contribution in [0.5, 0.6) is 0 Å². The highest BCUT2D eigenvalue weighted by Gasteiger charge is 2.20. The van der Waals surface area contributed by atoms with Crippen LogP contribution in [0.4, 0.5) is 0 Å². The van der Waals surface area contributed by atoms with Gasteiger partial charge in [-0.2, -0.15) is 0 Å². The van der Waals surface area contributed by atoms with Gasteiger partial charge in [0.15, 0.2) is 0 Å². The highest BCUT2D eigenvalue weighted by Crippen LogP contribution is 2.34. The van der Waals surface area contributed by atoms with Gasteiger partial charge in [0.1, 0.15) is 0 Å². The zero-order valence-corrected chi connectivity index (χ0v) is 30.9. The first-order chi connectivity index (χ1) is 20.5. The smallest absolute Gasteiger partial charge is 0.0386 e. The summed E-state index contributed by atoms with van der Waals surface area (Å²) in [6.45, 7) is 14.2. The predicted molar refractivity (Wildman–Crippen MR) is 196 cm³/mol. The Balaban J connectivity index is 4.72. The number of hydrogen-bond donors (Lipinski definition) is 0. The fraction of sp³-hybridized carbons (Fsp3) is 1.00. The minimum atomic E-state index is 0.885. The molecule has 0 N–H and O–H groups in total. The van der Waals surface area contributed by atoms with Gasteiger partial charge in [-0.3, -0.25) is 0 Å². The van der Waals surface area contributed by atoms with Crippen LogP contribution in [0.15, 0.2) is 0 Å². The molecule has 0 aliphatic heterocycles. The van der Waals surface area contributed by atoms with E-state index in [-0.39, 0.29) is 0 Å². The Kier molecular flexibility index (Phi) is 33.9. The minimum absolute atomic E-state index is 0.885. The fourth-order valence-electron chi connectivity index (χ4n) is 7.29. The minimum Gasteiger partial charge on any atom is -0.0654 e. The SMILES string of the molecule is CCCCCCCCCC(CCCCCCCCC(C)C)C(CCCCCCCC)CCCCCCCCCC(C)C. The molecule has 0 bridgehead atoms. The Hall–Kier alpha value is 0. The fourth-order valence-corrected chi connectivity index (χ4v) is 7.29. The van der Waals surface area contributed by atoms with E-state index in [0.29, 0.717) is 0 Å². The van der Waals surface area contributed by atoms with Crippen LogP contribution in [0.1, 0.15) is 247 Å². The summed E-state index contributed by atoms with van der Waals surface area (Å²) in [5.41, 5.74) is 0. The van der Waals surface area contributed by atoms with Gasteiger partial charge < -0.3 is 0 Å². The summed E-state index contributed by atoms with van der Waals surface area (Å²) in [5, 5.41) is 0. The Bertz CT molecular complexity index is 476. The maximum absolute atomic E-state index is 2.38. The van der Waals surface area contributed by atoms with Crippen molar-refractivity contribution in [2.24, 2.45) is 23.7 Å². The number of unbranched alkanes of at least 4 members (excludes halogenated alkanes) is 22. The maximum Gasteiger partial charge on any atom is -0.0386 e. The van der Waals surface area contributed by atoms with Gasteiger partial charge >= 0.3 is 0 Å². The molecule has 0 aromatic rings. The second kappa shape index (κ2) is 33.9. The third kappa shape index (κ3) is 31.4. The zero-order valence-electron chi connectivity index (χ0n) is 30.9. The van der Waals surface area contributed by atoms with Gasteiger partial charge in [-0.05, 0) is 23.7 Å². The molecule has 0 radical (unpaired) electrons. The van der Waals surface area contributed by atoms with Gasteiger partial charge in [0.2, 0.25) is 0 Å². The summed E-state index contributed by atoms with van der Waals surface area (Å²) in [6, 6.07) is 0. The second-order valence-electron chi connectivity index (χ2n) is 15.5. The van der Waals surface area contributed by atoms with E-state index >= 15 is 0 Å². The lowest BCUT2D eigenvalue weighted by molar-refractivity contribution is 0.236. The van der Waals surface area contributed by atoms with Crippen molar-refractivity contribution >= 4 is 0 Å². The molecule has 0 aliphatic carbocycles. The van der Waals surface area contributed by atoms with Crippen LogP contribution in [-0.2, 0) is 0 Å². The Morgan fingerprint density at radius 3 is 0.643 bits per heavy atom. The van der Waals surface area contributed by atoms with Crippen LogP contribution in [0, 0.1) is 23.7 Å². The lowest BCUT2D eigenvalue weighted by atomic mass is 9.78. The average molecular weight is 591 g/mol. The monoisotopic (exact) mass is 591 g/mol. The molecule has 0 aliphatic rings. The van der Waals surface area contributed by atoms with Crippen LogP contribution in [0.25, 0.3) is 0 Å². The first kappa shape index (κ1) is 42.0. The molecule has 2 unspecified atom stereocenters. The van der Waals surface area contributed by atoms with Crippen molar-refractivity contribution in [3.8, 4) is 0 Å². The molecule has 0 amide bonds. The Labute approximate surface area is 270 Å². The number of hydrogen-bond acceptors (Lipinski definition) is 0. The Morgan fingerprint density at radius 1 is 0.238 bits per heavy atom. The van der Waals surface area contributed by atoms with Crippen molar-refractivity contribution in [3.63, 3.8) is 0 Å². The van der Waals surface area contributed by atoms with Crippen LogP contribution >= 0.6 is 0 Å². The van der Waals surface area contributed by atoms with Crippen molar-refractivity contribution in [1.29, 1.82) is 0 Å². The van der Waals surface area contributed by atoms with Gasteiger partial charge in [0.05, 0.1) is 0 Å². The summed E-state index contributed by atoms with van der Waals surface area (Å²) >= 11 is 0. The molecule has 0 fully saturated rings. The van der Waals surface area contributed by atoms with E-state index < -0.39 is 0 Å². The molecular weight excluding hydrogens is 504 g/mol. The van der Waals surface area contributed by atoms with Crippen LogP contribution < -0.4 is 0 Å². The first-order valence-electron chi connectivity index (χ1n) is 20.5. The van der Waals surface area contributed by atoms with Gasteiger partial charge in [0, 0.05) is 0 Å². The van der Waals surface area contributed by atoms with E-state index in [1.54, 1.807) is 12.8 Å². The van der Waals surface area contributed by atoms with Gasteiger partial charge in [-0.25, -0.2) is 0 Å². The van der Waals surface area contributed by atoms with Crippen molar-refractivity contribution < 1.29 is 0 Å². The predicted octanol–water partition coefficient (Wildman–Crippen LogP) is 16.1. The normalized spacial score (nSPS) is 13.4. The van der Waals surface area contributed by atoms with E-state index in [4.69, 9.17) is 0 Å². The molecule has 42 heavy (non-hydrogen) atoms. The highest BCUT2D eigenvalue weighted by atomic mass is 14.3. The summed E-state index contributed by atoms with van der Waals surface area (Å²) in [5.74, 6) is 3.81. The summed E-state index contributed by atoms with van der Waals surface area (Å²) in [6.07, 6.45) is 47.3. The molecule has 0 saturated carbocycles. The van der Waals surface area contributed by atoms with E-state index in [1.165, 1.54) is 193 Å². The van der Waals surface area contributed by atoms with E-state index in [1.807, 2.05) is 0 Å². The molecular formula is C42H86. The maximum atomic E-state index is 2.38. The van der Waals surface area contributed by atoms with Gasteiger partial charge in [-0.15, -0.1) is 0 Å². The van der Waals surface area contributed by atoms with Crippen LogP contribution in [0.2, 0.25) is 0 Å². The molecule has 0 saturated heterocycles. The molecule has 0 aromatic carbocycles. The molecule has 0 nitrogen and oxygen atoms in total. The third-order valence-electron chi connectivity index (χ3n) is 10.2. The molecule has 0 heteroatoms. The first-order valence-corrected chi connectivity index (χ1v) is 20.5. The second-order valence-corrected chi connectivity index (χ2v) is 15.5. The van der Waals surface area contributed by atoms with Gasteiger partial charge in [0.25, 0.3) is 0 Å². The van der Waals surface area contributed by atoms with Crippen LogP contribution in [0.3, 0.4) is 0 Å². The molecule has 0 spiro atoms. The molecule has 254 valence electrons. The largest absolute Gasteiger partial charge is 0.0654 e. The Morgan fingerprint density at radius 2 is 0.429 bits per heavy atom. The summed E-state index contributed by atoms with van der Waals surface area (Å²) in [4.78, 5) is 0. The van der Waals surface area contributed by atoms with E-state index in [0.717, 1.165) is 23.7 Å².